The summed E-state index contributed by atoms with van der Waals surface area (Å²) in [5, 5.41) is 9.29. The number of halogens is 3. The van der Waals surface area contributed by atoms with Crippen molar-refractivity contribution in [2.45, 2.75) is 13.3 Å². The van der Waals surface area contributed by atoms with Gasteiger partial charge in [0.1, 0.15) is 5.82 Å². The van der Waals surface area contributed by atoms with Gasteiger partial charge in [0.15, 0.2) is 0 Å². The van der Waals surface area contributed by atoms with Crippen LogP contribution in [-0.4, -0.2) is 0 Å². The van der Waals surface area contributed by atoms with Crippen LogP contribution in [0.1, 0.15) is 18.9 Å². The van der Waals surface area contributed by atoms with Crippen LogP contribution in [0.15, 0.2) is 23.8 Å². The fourth-order valence-corrected chi connectivity index (χ4v) is 1.76. The summed E-state index contributed by atoms with van der Waals surface area (Å²) in [4.78, 5) is 0. The van der Waals surface area contributed by atoms with Gasteiger partial charge in [0, 0.05) is 11.1 Å². The smallest absolute Gasteiger partial charge is 0.124 e. The van der Waals surface area contributed by atoms with E-state index in [9.17, 15) is 4.39 Å². The Morgan fingerprint density at radius 1 is 1.53 bits per heavy atom. The van der Waals surface area contributed by atoms with E-state index in [1.54, 1.807) is 0 Å². The average Bonchev–Trinajstić information content (AvgIpc) is 2.19. The summed E-state index contributed by atoms with van der Waals surface area (Å²) in [7, 11) is 0. The third kappa shape index (κ3) is 2.71. The molecule has 0 bridgehead atoms. The predicted octanol–water partition coefficient (Wildman–Crippen LogP) is 4.36. The van der Waals surface area contributed by atoms with Crippen LogP contribution >= 0.6 is 23.2 Å². The van der Waals surface area contributed by atoms with Crippen molar-refractivity contribution >= 4 is 28.2 Å². The van der Waals surface area contributed by atoms with Crippen molar-refractivity contribution in [2.75, 3.05) is 0 Å². The first-order valence-electron chi connectivity index (χ1n) is 4.34. The molecule has 0 heterocycles. The zero-order chi connectivity index (χ0) is 11.4. The first-order chi connectivity index (χ1) is 7.10. The molecule has 4 heteroatoms. The molecule has 0 saturated heterocycles. The molecule has 1 rings (SSSR count). The van der Waals surface area contributed by atoms with Crippen LogP contribution in [0.3, 0.4) is 0 Å². The number of hydrogen-bond donors (Lipinski definition) is 0. The van der Waals surface area contributed by atoms with Crippen molar-refractivity contribution in [1.29, 1.82) is 5.26 Å². The van der Waals surface area contributed by atoms with E-state index in [4.69, 9.17) is 28.5 Å². The highest BCUT2D eigenvalue weighted by molar-refractivity contribution is 6.51. The lowest BCUT2D eigenvalue weighted by molar-refractivity contribution is 0.628. The SMILES string of the molecule is CCC(C#N)=C(Cl)c1ccc(F)cc1Cl. The standard InChI is InChI=1S/C11H8Cl2FN/c1-2-7(6-15)11(13)9-4-3-8(14)5-10(9)12/h3-5H,2H2,1H3. The normalized spacial score (nSPS) is 11.9. The topological polar surface area (TPSA) is 23.8 Å². The Balaban J connectivity index is 3.29. The molecule has 0 aliphatic rings. The van der Waals surface area contributed by atoms with E-state index in [0.29, 0.717) is 17.6 Å². The zero-order valence-electron chi connectivity index (χ0n) is 8.02. The van der Waals surface area contributed by atoms with Crippen LogP contribution in [0.4, 0.5) is 4.39 Å². The van der Waals surface area contributed by atoms with Gasteiger partial charge in [-0.15, -0.1) is 0 Å². The van der Waals surface area contributed by atoms with Gasteiger partial charge in [-0.25, -0.2) is 4.39 Å². The van der Waals surface area contributed by atoms with E-state index in [-0.39, 0.29) is 10.1 Å². The Morgan fingerprint density at radius 3 is 2.67 bits per heavy atom. The van der Waals surface area contributed by atoms with E-state index >= 15 is 0 Å². The molecule has 78 valence electrons. The van der Waals surface area contributed by atoms with Crippen LogP contribution in [-0.2, 0) is 0 Å². The minimum atomic E-state index is -0.428. The molecule has 1 aromatic rings. The van der Waals surface area contributed by atoms with E-state index in [1.165, 1.54) is 18.2 Å². The third-order valence-electron chi connectivity index (χ3n) is 1.92. The summed E-state index contributed by atoms with van der Waals surface area (Å²) in [6.07, 6.45) is 0.517. The second kappa shape index (κ2) is 5.16. The first kappa shape index (κ1) is 12.0. The number of nitrogens with zero attached hydrogens (tertiary/aromatic N) is 1. The minimum Gasteiger partial charge on any atom is -0.207 e. The molecule has 1 nitrogen and oxygen atoms in total. The van der Waals surface area contributed by atoms with Crippen LogP contribution in [0.5, 0.6) is 0 Å². The molecule has 0 aliphatic carbocycles. The lowest BCUT2D eigenvalue weighted by Crippen LogP contribution is -1.86. The zero-order valence-corrected chi connectivity index (χ0v) is 9.53. The van der Waals surface area contributed by atoms with Crippen molar-refractivity contribution in [3.05, 3.63) is 40.2 Å². The summed E-state index contributed by atoms with van der Waals surface area (Å²) in [5.41, 5.74) is 0.920. The van der Waals surface area contributed by atoms with Crippen molar-refractivity contribution in [3.63, 3.8) is 0 Å². The average molecular weight is 244 g/mol. The molecular weight excluding hydrogens is 236 g/mol. The highest BCUT2D eigenvalue weighted by Crippen LogP contribution is 2.30. The molecule has 0 spiro atoms. The van der Waals surface area contributed by atoms with Crippen LogP contribution in [0.25, 0.3) is 5.03 Å². The van der Waals surface area contributed by atoms with Gasteiger partial charge < -0.3 is 0 Å². The Morgan fingerprint density at radius 2 is 2.20 bits per heavy atom. The van der Waals surface area contributed by atoms with E-state index in [1.807, 2.05) is 13.0 Å². The fraction of sp³-hybridized carbons (Fsp3) is 0.182. The van der Waals surface area contributed by atoms with Gasteiger partial charge >= 0.3 is 0 Å². The number of allylic oxidation sites excluding steroid dienone is 1. The Bertz CT molecular complexity index is 446. The van der Waals surface area contributed by atoms with Crippen molar-refractivity contribution in [1.82, 2.24) is 0 Å². The lowest BCUT2D eigenvalue weighted by Gasteiger charge is -2.04. The third-order valence-corrected chi connectivity index (χ3v) is 2.67. The first-order valence-corrected chi connectivity index (χ1v) is 5.10. The molecule has 0 atom stereocenters. The van der Waals surface area contributed by atoms with Gasteiger partial charge in [0.2, 0.25) is 0 Å². The highest BCUT2D eigenvalue weighted by Gasteiger charge is 2.09. The number of benzene rings is 1. The molecule has 1 aromatic carbocycles. The molecule has 0 radical (unpaired) electrons. The van der Waals surface area contributed by atoms with E-state index in [0.717, 1.165) is 0 Å². The molecule has 15 heavy (non-hydrogen) atoms. The molecule has 0 aliphatic heterocycles. The predicted molar refractivity (Wildman–Crippen MR) is 60.1 cm³/mol. The van der Waals surface area contributed by atoms with Crippen molar-refractivity contribution < 1.29 is 4.39 Å². The minimum absolute atomic E-state index is 0.209. The van der Waals surface area contributed by atoms with Gasteiger partial charge in [-0.2, -0.15) is 5.26 Å². The fourth-order valence-electron chi connectivity index (χ4n) is 1.11. The summed E-state index contributed by atoms with van der Waals surface area (Å²) in [6, 6.07) is 5.88. The summed E-state index contributed by atoms with van der Waals surface area (Å²) in [5.74, 6) is -0.428. The highest BCUT2D eigenvalue weighted by atomic mass is 35.5. The quantitative estimate of drug-likeness (QED) is 0.709. The molecule has 0 unspecified atom stereocenters. The Hall–Kier alpha value is -1.04. The van der Waals surface area contributed by atoms with Gasteiger partial charge in [0.25, 0.3) is 0 Å². The monoisotopic (exact) mass is 243 g/mol. The van der Waals surface area contributed by atoms with Crippen LogP contribution in [0, 0.1) is 17.1 Å². The summed E-state index contributed by atoms with van der Waals surface area (Å²) >= 11 is 11.8. The Labute approximate surface area is 97.7 Å². The second-order valence-corrected chi connectivity index (χ2v) is 3.67. The largest absolute Gasteiger partial charge is 0.207 e. The van der Waals surface area contributed by atoms with E-state index in [2.05, 4.69) is 0 Å². The van der Waals surface area contributed by atoms with Crippen molar-refractivity contribution in [2.24, 2.45) is 0 Å². The van der Waals surface area contributed by atoms with Crippen LogP contribution < -0.4 is 0 Å². The van der Waals surface area contributed by atoms with Crippen molar-refractivity contribution in [3.8, 4) is 6.07 Å². The maximum absolute atomic E-state index is 12.8. The molecule has 0 amide bonds. The maximum atomic E-state index is 12.8. The Kier molecular flexibility index (Phi) is 4.14. The second-order valence-electron chi connectivity index (χ2n) is 2.88. The molecular formula is C11H8Cl2FN. The van der Waals surface area contributed by atoms with Gasteiger partial charge in [-0.1, -0.05) is 30.1 Å². The van der Waals surface area contributed by atoms with Gasteiger partial charge in [0.05, 0.1) is 16.1 Å². The molecule has 0 fully saturated rings. The molecule has 0 aromatic heterocycles. The number of nitriles is 1. The maximum Gasteiger partial charge on any atom is 0.124 e. The lowest BCUT2D eigenvalue weighted by atomic mass is 10.1. The summed E-state index contributed by atoms with van der Waals surface area (Å²) in [6.45, 7) is 1.82. The summed E-state index contributed by atoms with van der Waals surface area (Å²) < 4.78 is 12.8. The number of hydrogen-bond acceptors (Lipinski definition) is 1. The van der Waals surface area contributed by atoms with E-state index < -0.39 is 5.82 Å². The van der Waals surface area contributed by atoms with Gasteiger partial charge in [-0.3, -0.25) is 0 Å². The number of rotatable bonds is 2. The molecule has 0 N–H and O–H groups in total. The molecule has 0 saturated carbocycles. The van der Waals surface area contributed by atoms with Gasteiger partial charge in [-0.05, 0) is 24.6 Å². The van der Waals surface area contributed by atoms with Crippen LogP contribution in [0.2, 0.25) is 5.02 Å².